The maximum atomic E-state index is 5.33. The standard InChI is InChI=1S/C12H9BrN2OS/c13-11-2-1-8(17-11)7-15-12-9-4-6-16-10(9)3-5-14-12/h1-6H,7H2,(H,14,15). The van der Waals surface area contributed by atoms with Gasteiger partial charge in [-0.15, -0.1) is 11.3 Å². The minimum absolute atomic E-state index is 0.771. The van der Waals surface area contributed by atoms with Gasteiger partial charge in [0.25, 0.3) is 0 Å². The number of hydrogen-bond acceptors (Lipinski definition) is 4. The van der Waals surface area contributed by atoms with E-state index in [4.69, 9.17) is 4.42 Å². The number of pyridine rings is 1. The second kappa shape index (κ2) is 4.50. The Morgan fingerprint density at radius 2 is 2.24 bits per heavy atom. The lowest BCUT2D eigenvalue weighted by Gasteiger charge is -2.04. The van der Waals surface area contributed by atoms with Gasteiger partial charge in [-0.2, -0.15) is 0 Å². The molecule has 3 nitrogen and oxygen atoms in total. The van der Waals surface area contributed by atoms with Crippen molar-refractivity contribution >= 4 is 44.1 Å². The van der Waals surface area contributed by atoms with Crippen molar-refractivity contribution in [2.45, 2.75) is 6.54 Å². The fourth-order valence-corrected chi connectivity index (χ4v) is 3.08. The van der Waals surface area contributed by atoms with E-state index in [-0.39, 0.29) is 0 Å². The molecule has 0 amide bonds. The van der Waals surface area contributed by atoms with Crippen LogP contribution in [0.5, 0.6) is 0 Å². The van der Waals surface area contributed by atoms with Gasteiger partial charge in [0, 0.05) is 11.1 Å². The Labute approximate surface area is 111 Å². The average Bonchev–Trinajstić information content (AvgIpc) is 2.94. The first-order chi connectivity index (χ1) is 8.33. The molecule has 3 aromatic rings. The molecule has 0 saturated carbocycles. The second-order valence-electron chi connectivity index (χ2n) is 3.55. The molecule has 1 N–H and O–H groups in total. The third-order valence-corrected chi connectivity index (χ3v) is 4.06. The lowest BCUT2D eigenvalue weighted by atomic mass is 10.3. The van der Waals surface area contributed by atoms with Crippen LogP contribution in [-0.4, -0.2) is 4.98 Å². The SMILES string of the molecule is Brc1ccc(CNc2nccc3occc23)s1. The average molecular weight is 309 g/mol. The van der Waals surface area contributed by atoms with Crippen LogP contribution in [0.25, 0.3) is 11.0 Å². The molecule has 0 aromatic carbocycles. The zero-order valence-electron chi connectivity index (χ0n) is 8.81. The van der Waals surface area contributed by atoms with Crippen LogP contribution in [0.15, 0.2) is 44.9 Å². The summed E-state index contributed by atoms with van der Waals surface area (Å²) in [5.74, 6) is 0.862. The minimum atomic E-state index is 0.771. The van der Waals surface area contributed by atoms with E-state index in [1.54, 1.807) is 23.8 Å². The summed E-state index contributed by atoms with van der Waals surface area (Å²) in [5, 5.41) is 4.34. The summed E-state index contributed by atoms with van der Waals surface area (Å²) in [7, 11) is 0. The highest BCUT2D eigenvalue weighted by atomic mass is 79.9. The summed E-state index contributed by atoms with van der Waals surface area (Å²) >= 11 is 5.17. The molecule has 0 aliphatic rings. The number of hydrogen-bond donors (Lipinski definition) is 1. The van der Waals surface area contributed by atoms with Crippen LogP contribution in [0.4, 0.5) is 5.82 Å². The van der Waals surface area contributed by atoms with Crippen LogP contribution < -0.4 is 5.32 Å². The topological polar surface area (TPSA) is 38.1 Å². The molecule has 17 heavy (non-hydrogen) atoms. The van der Waals surface area contributed by atoms with Crippen molar-refractivity contribution in [3.8, 4) is 0 Å². The molecule has 86 valence electrons. The molecule has 0 saturated heterocycles. The number of furan rings is 1. The molecule has 0 bridgehead atoms. The van der Waals surface area contributed by atoms with E-state index in [1.807, 2.05) is 18.2 Å². The van der Waals surface area contributed by atoms with E-state index in [0.29, 0.717) is 0 Å². The van der Waals surface area contributed by atoms with Crippen LogP contribution in [0.1, 0.15) is 4.88 Å². The first-order valence-corrected chi connectivity index (χ1v) is 6.74. The van der Waals surface area contributed by atoms with Crippen molar-refractivity contribution in [1.82, 2.24) is 4.98 Å². The molecule has 0 spiro atoms. The molecular weight excluding hydrogens is 300 g/mol. The molecule has 0 radical (unpaired) electrons. The van der Waals surface area contributed by atoms with Crippen LogP contribution in [0, 0.1) is 0 Å². The molecular formula is C12H9BrN2OS. The number of nitrogens with zero attached hydrogens (tertiary/aromatic N) is 1. The number of anilines is 1. The van der Waals surface area contributed by atoms with E-state index < -0.39 is 0 Å². The maximum absolute atomic E-state index is 5.33. The van der Waals surface area contributed by atoms with Gasteiger partial charge in [0.15, 0.2) is 0 Å². The monoisotopic (exact) mass is 308 g/mol. The zero-order chi connectivity index (χ0) is 11.7. The molecule has 0 unspecified atom stereocenters. The lowest BCUT2D eigenvalue weighted by Crippen LogP contribution is -1.99. The first-order valence-electron chi connectivity index (χ1n) is 5.13. The molecule has 0 aliphatic carbocycles. The molecule has 3 aromatic heterocycles. The highest BCUT2D eigenvalue weighted by Gasteiger charge is 2.04. The van der Waals surface area contributed by atoms with Crippen molar-refractivity contribution in [1.29, 1.82) is 0 Å². The highest BCUT2D eigenvalue weighted by Crippen LogP contribution is 2.25. The van der Waals surface area contributed by atoms with E-state index >= 15 is 0 Å². The highest BCUT2D eigenvalue weighted by molar-refractivity contribution is 9.11. The summed E-state index contributed by atoms with van der Waals surface area (Å²) < 4.78 is 6.47. The Morgan fingerprint density at radius 1 is 1.29 bits per heavy atom. The van der Waals surface area contributed by atoms with Crippen LogP contribution >= 0.6 is 27.3 Å². The number of fused-ring (bicyclic) bond motifs is 1. The van der Waals surface area contributed by atoms with Crippen molar-refractivity contribution in [3.63, 3.8) is 0 Å². The normalized spacial score (nSPS) is 10.9. The number of thiophene rings is 1. The van der Waals surface area contributed by atoms with Gasteiger partial charge in [-0.05, 0) is 40.2 Å². The molecule has 0 aliphatic heterocycles. The van der Waals surface area contributed by atoms with Crippen LogP contribution in [0.3, 0.4) is 0 Å². The van der Waals surface area contributed by atoms with Gasteiger partial charge in [-0.3, -0.25) is 0 Å². The lowest BCUT2D eigenvalue weighted by molar-refractivity contribution is 0.615. The molecule has 5 heteroatoms. The Balaban J connectivity index is 1.83. The fraction of sp³-hybridized carbons (Fsp3) is 0.0833. The Kier molecular flexibility index (Phi) is 2.86. The van der Waals surface area contributed by atoms with Gasteiger partial charge >= 0.3 is 0 Å². The van der Waals surface area contributed by atoms with Crippen molar-refractivity contribution in [3.05, 3.63) is 45.4 Å². The second-order valence-corrected chi connectivity index (χ2v) is 6.10. The van der Waals surface area contributed by atoms with Gasteiger partial charge < -0.3 is 9.73 Å². The predicted octanol–water partition coefficient (Wildman–Crippen LogP) is 4.26. The molecule has 3 heterocycles. The molecule has 0 fully saturated rings. The minimum Gasteiger partial charge on any atom is -0.464 e. The summed E-state index contributed by atoms with van der Waals surface area (Å²) in [4.78, 5) is 5.59. The fourth-order valence-electron chi connectivity index (χ4n) is 1.65. The predicted molar refractivity (Wildman–Crippen MR) is 73.4 cm³/mol. The zero-order valence-corrected chi connectivity index (χ0v) is 11.2. The smallest absolute Gasteiger partial charge is 0.139 e. The van der Waals surface area contributed by atoms with E-state index in [2.05, 4.69) is 32.3 Å². The maximum Gasteiger partial charge on any atom is 0.139 e. The third-order valence-electron chi connectivity index (χ3n) is 2.44. The van der Waals surface area contributed by atoms with Gasteiger partial charge in [-0.25, -0.2) is 4.98 Å². The summed E-state index contributed by atoms with van der Waals surface area (Å²) in [6.45, 7) is 0.771. The quantitative estimate of drug-likeness (QED) is 0.785. The van der Waals surface area contributed by atoms with Crippen molar-refractivity contribution in [2.75, 3.05) is 5.32 Å². The van der Waals surface area contributed by atoms with Gasteiger partial charge in [0.05, 0.1) is 22.0 Å². The summed E-state index contributed by atoms with van der Waals surface area (Å²) in [6, 6.07) is 7.93. The number of aromatic nitrogens is 1. The number of halogens is 1. The molecule has 0 atom stereocenters. The van der Waals surface area contributed by atoms with Crippen LogP contribution in [0.2, 0.25) is 0 Å². The Hall–Kier alpha value is -1.33. The molecule has 3 rings (SSSR count). The van der Waals surface area contributed by atoms with Gasteiger partial charge in [-0.1, -0.05) is 0 Å². The summed E-state index contributed by atoms with van der Waals surface area (Å²) in [6.07, 6.45) is 3.43. The van der Waals surface area contributed by atoms with Crippen LogP contribution in [-0.2, 0) is 6.54 Å². The number of nitrogens with one attached hydrogen (secondary N) is 1. The largest absolute Gasteiger partial charge is 0.464 e. The first kappa shape index (κ1) is 10.8. The van der Waals surface area contributed by atoms with E-state index in [9.17, 15) is 0 Å². The number of rotatable bonds is 3. The Bertz CT molecular complexity index is 647. The van der Waals surface area contributed by atoms with E-state index in [1.165, 1.54) is 4.88 Å². The van der Waals surface area contributed by atoms with Gasteiger partial charge in [0.2, 0.25) is 0 Å². The summed E-state index contributed by atoms with van der Waals surface area (Å²) in [5.41, 5.74) is 0.856. The van der Waals surface area contributed by atoms with Gasteiger partial charge in [0.1, 0.15) is 11.4 Å². The van der Waals surface area contributed by atoms with Crippen molar-refractivity contribution < 1.29 is 4.42 Å². The Morgan fingerprint density at radius 3 is 3.06 bits per heavy atom. The van der Waals surface area contributed by atoms with Crippen molar-refractivity contribution in [2.24, 2.45) is 0 Å². The third kappa shape index (κ3) is 2.21. The van der Waals surface area contributed by atoms with E-state index in [0.717, 1.165) is 27.1 Å².